The summed E-state index contributed by atoms with van der Waals surface area (Å²) in [6, 6.07) is 1.49. The van der Waals surface area contributed by atoms with Crippen molar-refractivity contribution in [3.8, 4) is 0 Å². The van der Waals surface area contributed by atoms with Gasteiger partial charge < -0.3 is 10.2 Å². The van der Waals surface area contributed by atoms with E-state index in [2.05, 4.69) is 38.2 Å². The predicted molar refractivity (Wildman–Crippen MR) is 71.8 cm³/mol. The van der Waals surface area contributed by atoms with E-state index in [-0.39, 0.29) is 0 Å². The minimum Gasteiger partial charge on any atom is -0.312 e. The van der Waals surface area contributed by atoms with Crippen LogP contribution in [0.25, 0.3) is 0 Å². The van der Waals surface area contributed by atoms with E-state index < -0.39 is 0 Å². The molecule has 0 radical (unpaired) electrons. The van der Waals surface area contributed by atoms with Crippen molar-refractivity contribution in [1.29, 1.82) is 0 Å². The molecule has 2 nitrogen and oxygen atoms in total. The van der Waals surface area contributed by atoms with Crippen molar-refractivity contribution in [1.82, 2.24) is 10.2 Å². The summed E-state index contributed by atoms with van der Waals surface area (Å²) in [5.41, 5.74) is 0. The lowest BCUT2D eigenvalue weighted by molar-refractivity contribution is 0.238. The maximum Gasteiger partial charge on any atom is 0.0212 e. The Labute approximate surface area is 102 Å². The van der Waals surface area contributed by atoms with Gasteiger partial charge in [0.25, 0.3) is 0 Å². The first-order chi connectivity index (χ1) is 7.67. The summed E-state index contributed by atoms with van der Waals surface area (Å²) < 4.78 is 0. The normalized spacial score (nSPS) is 28.3. The zero-order valence-electron chi connectivity index (χ0n) is 11.6. The highest BCUT2D eigenvalue weighted by atomic mass is 15.1. The molecule has 2 heteroatoms. The fraction of sp³-hybridized carbons (Fsp3) is 1.00. The van der Waals surface area contributed by atoms with Gasteiger partial charge in [-0.1, -0.05) is 20.3 Å². The second-order valence-corrected chi connectivity index (χ2v) is 5.56. The average Bonchev–Trinajstić information content (AvgIpc) is 2.30. The number of likely N-dealkylation sites (N-methyl/N-ethyl adjacent to an activating group) is 1. The number of rotatable bonds is 6. The van der Waals surface area contributed by atoms with Gasteiger partial charge in [-0.15, -0.1) is 0 Å². The zero-order chi connectivity index (χ0) is 12.0. The molecular formula is C14H30N2. The average molecular weight is 226 g/mol. The van der Waals surface area contributed by atoms with Gasteiger partial charge in [-0.05, 0) is 52.1 Å². The fourth-order valence-electron chi connectivity index (χ4n) is 2.77. The second kappa shape index (κ2) is 7.29. The molecular weight excluding hydrogens is 196 g/mol. The van der Waals surface area contributed by atoms with E-state index in [4.69, 9.17) is 0 Å². The summed E-state index contributed by atoms with van der Waals surface area (Å²) >= 11 is 0. The number of nitrogens with zero attached hydrogens (tertiary/aromatic N) is 1. The molecule has 0 aromatic carbocycles. The van der Waals surface area contributed by atoms with E-state index in [0.29, 0.717) is 6.04 Å². The van der Waals surface area contributed by atoms with Crippen LogP contribution in [0.5, 0.6) is 0 Å². The third-order valence-electron chi connectivity index (χ3n) is 4.27. The van der Waals surface area contributed by atoms with Crippen LogP contribution in [-0.2, 0) is 0 Å². The first-order valence-corrected chi connectivity index (χ1v) is 7.07. The molecule has 0 heterocycles. The van der Waals surface area contributed by atoms with Crippen LogP contribution in [0.15, 0.2) is 0 Å². The summed E-state index contributed by atoms with van der Waals surface area (Å²) in [5.74, 6) is 1.01. The van der Waals surface area contributed by atoms with E-state index in [9.17, 15) is 0 Å². The summed E-state index contributed by atoms with van der Waals surface area (Å²) in [6.07, 6.45) is 8.27. The Hall–Kier alpha value is -0.0800. The smallest absolute Gasteiger partial charge is 0.0212 e. The zero-order valence-corrected chi connectivity index (χ0v) is 11.6. The standard InChI is InChI=1S/C14H30N2/c1-5-12-7-9-13(10-8-12)15-11-14(6-2)16(3)4/h12-15H,5-11H2,1-4H3. The molecule has 0 aliphatic heterocycles. The molecule has 1 aliphatic carbocycles. The van der Waals surface area contributed by atoms with Crippen molar-refractivity contribution in [3.05, 3.63) is 0 Å². The first-order valence-electron chi connectivity index (χ1n) is 7.07. The van der Waals surface area contributed by atoms with E-state index in [1.807, 2.05) is 0 Å². The molecule has 16 heavy (non-hydrogen) atoms. The topological polar surface area (TPSA) is 15.3 Å². The molecule has 1 rings (SSSR count). The van der Waals surface area contributed by atoms with Gasteiger partial charge >= 0.3 is 0 Å². The van der Waals surface area contributed by atoms with Gasteiger partial charge in [0.2, 0.25) is 0 Å². The maximum absolute atomic E-state index is 3.76. The van der Waals surface area contributed by atoms with Crippen molar-refractivity contribution in [2.75, 3.05) is 20.6 Å². The first kappa shape index (κ1) is 14.0. The molecule has 96 valence electrons. The molecule has 0 saturated heterocycles. The summed E-state index contributed by atoms with van der Waals surface area (Å²) in [7, 11) is 4.37. The highest BCUT2D eigenvalue weighted by Crippen LogP contribution is 2.26. The van der Waals surface area contributed by atoms with Gasteiger partial charge in [0.15, 0.2) is 0 Å². The Morgan fingerprint density at radius 1 is 1.12 bits per heavy atom. The largest absolute Gasteiger partial charge is 0.312 e. The quantitative estimate of drug-likeness (QED) is 0.749. The molecule has 0 aromatic heterocycles. The Balaban J connectivity index is 2.18. The van der Waals surface area contributed by atoms with Gasteiger partial charge in [0.1, 0.15) is 0 Å². The van der Waals surface area contributed by atoms with Crippen molar-refractivity contribution in [2.24, 2.45) is 5.92 Å². The van der Waals surface area contributed by atoms with Crippen LogP contribution < -0.4 is 5.32 Å². The Kier molecular flexibility index (Phi) is 6.37. The Bertz CT molecular complexity index is 172. The Morgan fingerprint density at radius 3 is 2.19 bits per heavy atom. The highest BCUT2D eigenvalue weighted by Gasteiger charge is 2.20. The predicted octanol–water partition coefficient (Wildman–Crippen LogP) is 2.89. The fourth-order valence-corrected chi connectivity index (χ4v) is 2.77. The molecule has 1 fully saturated rings. The van der Waals surface area contributed by atoms with Crippen LogP contribution in [-0.4, -0.2) is 37.6 Å². The van der Waals surface area contributed by atoms with Gasteiger partial charge in [0.05, 0.1) is 0 Å². The molecule has 1 saturated carbocycles. The van der Waals surface area contributed by atoms with Crippen molar-refractivity contribution >= 4 is 0 Å². The van der Waals surface area contributed by atoms with Crippen LogP contribution in [0.4, 0.5) is 0 Å². The minimum absolute atomic E-state index is 0.698. The Morgan fingerprint density at radius 2 is 1.75 bits per heavy atom. The molecule has 0 spiro atoms. The van der Waals surface area contributed by atoms with Crippen LogP contribution in [0, 0.1) is 5.92 Å². The molecule has 1 unspecified atom stereocenters. The maximum atomic E-state index is 3.76. The molecule has 0 amide bonds. The highest BCUT2D eigenvalue weighted by molar-refractivity contribution is 4.78. The van der Waals surface area contributed by atoms with E-state index >= 15 is 0 Å². The van der Waals surface area contributed by atoms with Crippen molar-refractivity contribution in [2.45, 2.75) is 64.5 Å². The van der Waals surface area contributed by atoms with Crippen LogP contribution in [0.2, 0.25) is 0 Å². The molecule has 0 bridgehead atoms. The molecule has 1 aliphatic rings. The monoisotopic (exact) mass is 226 g/mol. The number of hydrogen-bond donors (Lipinski definition) is 1. The SMILES string of the molecule is CCC1CCC(NCC(CC)N(C)C)CC1. The molecule has 1 N–H and O–H groups in total. The van der Waals surface area contributed by atoms with Crippen LogP contribution in [0.3, 0.4) is 0 Å². The summed E-state index contributed by atoms with van der Waals surface area (Å²) in [4.78, 5) is 2.34. The van der Waals surface area contributed by atoms with Gasteiger partial charge in [-0.25, -0.2) is 0 Å². The third kappa shape index (κ3) is 4.42. The van der Waals surface area contributed by atoms with Gasteiger partial charge in [0, 0.05) is 18.6 Å². The minimum atomic E-state index is 0.698. The van der Waals surface area contributed by atoms with Crippen molar-refractivity contribution < 1.29 is 0 Å². The van der Waals surface area contributed by atoms with E-state index in [0.717, 1.165) is 18.5 Å². The van der Waals surface area contributed by atoms with Crippen LogP contribution >= 0.6 is 0 Å². The lowest BCUT2D eigenvalue weighted by atomic mass is 9.84. The third-order valence-corrected chi connectivity index (χ3v) is 4.27. The number of hydrogen-bond acceptors (Lipinski definition) is 2. The van der Waals surface area contributed by atoms with Crippen LogP contribution in [0.1, 0.15) is 52.4 Å². The lowest BCUT2D eigenvalue weighted by Crippen LogP contribution is -2.42. The van der Waals surface area contributed by atoms with Gasteiger partial charge in [-0.3, -0.25) is 0 Å². The van der Waals surface area contributed by atoms with E-state index in [1.54, 1.807) is 0 Å². The molecule has 0 aromatic rings. The molecule has 1 atom stereocenters. The summed E-state index contributed by atoms with van der Waals surface area (Å²) in [5, 5.41) is 3.76. The van der Waals surface area contributed by atoms with Gasteiger partial charge in [-0.2, -0.15) is 0 Å². The second-order valence-electron chi connectivity index (χ2n) is 5.56. The number of nitrogens with one attached hydrogen (secondary N) is 1. The lowest BCUT2D eigenvalue weighted by Gasteiger charge is -2.31. The summed E-state index contributed by atoms with van der Waals surface area (Å²) in [6.45, 7) is 5.77. The van der Waals surface area contributed by atoms with E-state index in [1.165, 1.54) is 38.5 Å². The van der Waals surface area contributed by atoms with Crippen molar-refractivity contribution in [3.63, 3.8) is 0 Å².